The fourth-order valence-corrected chi connectivity index (χ4v) is 6.88. The summed E-state index contributed by atoms with van der Waals surface area (Å²) in [6.07, 6.45) is 6.31. The van der Waals surface area contributed by atoms with Gasteiger partial charge >= 0.3 is 0 Å². The number of benzene rings is 7. The van der Waals surface area contributed by atoms with Crippen molar-refractivity contribution in [3.8, 4) is 16.8 Å². The van der Waals surface area contributed by atoms with Crippen LogP contribution in [0.1, 0.15) is 11.1 Å². The van der Waals surface area contributed by atoms with Crippen molar-refractivity contribution in [3.05, 3.63) is 200 Å². The van der Waals surface area contributed by atoms with E-state index in [1.54, 1.807) is 0 Å². The highest BCUT2D eigenvalue weighted by Crippen LogP contribution is 2.38. The molecule has 1 N–H and O–H groups in total. The molecule has 0 bridgehead atoms. The van der Waals surface area contributed by atoms with Crippen molar-refractivity contribution in [1.82, 2.24) is 4.57 Å². The molecule has 0 aliphatic carbocycles. The van der Waals surface area contributed by atoms with Gasteiger partial charge in [-0.25, -0.2) is 0 Å². The van der Waals surface area contributed by atoms with Gasteiger partial charge in [0, 0.05) is 33.2 Å². The first kappa shape index (κ1) is 30.3. The van der Waals surface area contributed by atoms with Gasteiger partial charge in [-0.3, -0.25) is 0 Å². The SMILES string of the molecule is C=C(/C=C(\C=C/Nc1ccccc1)c1ccc2c(c1)c1ccc(-c3ccccc3S)cc1n2-c1ccc2ccccc2c1)c1ccccc1. The molecule has 3 heteroatoms. The van der Waals surface area contributed by atoms with Crippen LogP contribution >= 0.6 is 12.6 Å². The maximum absolute atomic E-state index is 4.80. The Morgan fingerprint density at radius 1 is 0.592 bits per heavy atom. The monoisotopic (exact) mass is 646 g/mol. The van der Waals surface area contributed by atoms with Crippen LogP contribution in [0, 0.1) is 0 Å². The number of thiol groups is 1. The van der Waals surface area contributed by atoms with Gasteiger partial charge in [-0.15, -0.1) is 12.6 Å². The maximum atomic E-state index is 4.80. The lowest BCUT2D eigenvalue weighted by Crippen LogP contribution is -1.94. The lowest BCUT2D eigenvalue weighted by atomic mass is 9.98. The molecule has 234 valence electrons. The molecule has 2 nitrogen and oxygen atoms in total. The lowest BCUT2D eigenvalue weighted by molar-refractivity contribution is 1.19. The largest absolute Gasteiger partial charge is 0.362 e. The first-order valence-corrected chi connectivity index (χ1v) is 16.9. The number of nitrogens with one attached hydrogen (secondary N) is 1. The maximum Gasteiger partial charge on any atom is 0.0547 e. The number of rotatable bonds is 8. The van der Waals surface area contributed by atoms with Crippen molar-refractivity contribution in [2.45, 2.75) is 4.90 Å². The van der Waals surface area contributed by atoms with Crippen LogP contribution < -0.4 is 5.32 Å². The summed E-state index contributed by atoms with van der Waals surface area (Å²) in [5.41, 5.74) is 10.9. The standard InChI is InChI=1S/C46H34N2S/c1-32(33-12-4-2-5-13-33)28-37(26-27-47-39-16-6-3-7-17-39)36-22-25-44-43(30-36)42-24-21-38(41-18-10-11-19-46(41)49)31-45(42)48(44)40-23-20-34-14-8-9-15-35(34)29-40/h2-31,47,49H,1H2/b27-26-,37-28+. The van der Waals surface area contributed by atoms with E-state index < -0.39 is 0 Å². The summed E-state index contributed by atoms with van der Waals surface area (Å²) in [4.78, 5) is 0.960. The van der Waals surface area contributed by atoms with Crippen molar-refractivity contribution in [2.75, 3.05) is 5.32 Å². The Labute approximate surface area is 292 Å². The molecule has 0 aliphatic rings. The van der Waals surface area contributed by atoms with Crippen LogP contribution in [-0.2, 0) is 0 Å². The topological polar surface area (TPSA) is 17.0 Å². The molecule has 8 rings (SSSR count). The van der Waals surface area contributed by atoms with E-state index >= 15 is 0 Å². The molecule has 1 heterocycles. The Hall–Kier alpha value is -6.03. The van der Waals surface area contributed by atoms with E-state index in [1.165, 1.54) is 21.5 Å². The van der Waals surface area contributed by atoms with Crippen LogP contribution in [0.4, 0.5) is 5.69 Å². The molecule has 8 aromatic rings. The van der Waals surface area contributed by atoms with Gasteiger partial charge in [-0.05, 0) is 105 Å². The number of hydrogen-bond donors (Lipinski definition) is 2. The molecule has 0 atom stereocenters. The molecule has 1 aromatic heterocycles. The highest BCUT2D eigenvalue weighted by molar-refractivity contribution is 7.80. The molecular formula is C46H34N2S. The molecule has 49 heavy (non-hydrogen) atoms. The number of allylic oxidation sites excluding steroid dienone is 4. The highest BCUT2D eigenvalue weighted by atomic mass is 32.1. The molecular weight excluding hydrogens is 613 g/mol. The minimum atomic E-state index is 0.953. The summed E-state index contributed by atoms with van der Waals surface area (Å²) in [6.45, 7) is 4.44. The van der Waals surface area contributed by atoms with E-state index in [4.69, 9.17) is 12.6 Å². The minimum absolute atomic E-state index is 0.953. The molecule has 0 aliphatic heterocycles. The van der Waals surface area contributed by atoms with Gasteiger partial charge in [0.2, 0.25) is 0 Å². The Bertz CT molecular complexity index is 2540. The Balaban J connectivity index is 1.32. The molecule has 0 saturated carbocycles. The predicted octanol–water partition coefficient (Wildman–Crippen LogP) is 12.6. The van der Waals surface area contributed by atoms with Crippen molar-refractivity contribution < 1.29 is 0 Å². The molecule has 7 aromatic carbocycles. The highest BCUT2D eigenvalue weighted by Gasteiger charge is 2.16. The van der Waals surface area contributed by atoms with Crippen molar-refractivity contribution in [2.24, 2.45) is 0 Å². The van der Waals surface area contributed by atoms with Crippen LogP contribution in [-0.4, -0.2) is 4.57 Å². The number of anilines is 1. The molecule has 0 radical (unpaired) electrons. The van der Waals surface area contributed by atoms with E-state index in [2.05, 4.69) is 156 Å². The van der Waals surface area contributed by atoms with Gasteiger partial charge in [0.15, 0.2) is 0 Å². The normalized spacial score (nSPS) is 11.9. The van der Waals surface area contributed by atoms with Gasteiger partial charge in [-0.2, -0.15) is 0 Å². The molecule has 0 fully saturated rings. The smallest absolute Gasteiger partial charge is 0.0547 e. The van der Waals surface area contributed by atoms with Crippen LogP contribution in [0.25, 0.3) is 60.5 Å². The average Bonchev–Trinajstić information content (AvgIpc) is 3.48. The third-order valence-corrected chi connectivity index (χ3v) is 9.46. The Morgan fingerprint density at radius 3 is 2.14 bits per heavy atom. The molecule has 0 saturated heterocycles. The van der Waals surface area contributed by atoms with Crippen LogP contribution in [0.15, 0.2) is 194 Å². The first-order valence-electron chi connectivity index (χ1n) is 16.4. The summed E-state index contributed by atoms with van der Waals surface area (Å²) < 4.78 is 2.39. The van der Waals surface area contributed by atoms with Gasteiger partial charge < -0.3 is 9.88 Å². The fourth-order valence-electron chi connectivity index (χ4n) is 6.59. The average molecular weight is 647 g/mol. The van der Waals surface area contributed by atoms with E-state index in [-0.39, 0.29) is 0 Å². The Kier molecular flexibility index (Phi) is 8.18. The van der Waals surface area contributed by atoms with E-state index in [0.717, 1.165) is 60.7 Å². The Morgan fingerprint density at radius 2 is 1.33 bits per heavy atom. The van der Waals surface area contributed by atoms with E-state index in [9.17, 15) is 0 Å². The number of para-hydroxylation sites is 1. The number of aromatic nitrogens is 1. The summed E-state index contributed by atoms with van der Waals surface area (Å²) in [7, 11) is 0. The number of nitrogens with zero attached hydrogens (tertiary/aromatic N) is 1. The van der Waals surface area contributed by atoms with E-state index in [1.807, 2.05) is 42.6 Å². The zero-order valence-electron chi connectivity index (χ0n) is 26.9. The number of hydrogen-bond acceptors (Lipinski definition) is 2. The zero-order chi connectivity index (χ0) is 33.2. The van der Waals surface area contributed by atoms with Crippen molar-refractivity contribution in [3.63, 3.8) is 0 Å². The second-order valence-electron chi connectivity index (χ2n) is 12.2. The van der Waals surface area contributed by atoms with Crippen LogP contribution in [0.5, 0.6) is 0 Å². The lowest BCUT2D eigenvalue weighted by Gasteiger charge is -2.11. The third kappa shape index (κ3) is 6.09. The van der Waals surface area contributed by atoms with Crippen molar-refractivity contribution >= 4 is 62.0 Å². The van der Waals surface area contributed by atoms with Gasteiger partial charge in [0.1, 0.15) is 0 Å². The number of fused-ring (bicyclic) bond motifs is 4. The fraction of sp³-hybridized carbons (Fsp3) is 0. The van der Waals surface area contributed by atoms with E-state index in [0.29, 0.717) is 0 Å². The summed E-state index contributed by atoms with van der Waals surface area (Å²) in [5.74, 6) is 0. The second kappa shape index (κ2) is 13.2. The zero-order valence-corrected chi connectivity index (χ0v) is 27.8. The van der Waals surface area contributed by atoms with Gasteiger partial charge in [-0.1, -0.05) is 122 Å². The summed E-state index contributed by atoms with van der Waals surface area (Å²) in [5, 5.41) is 8.25. The minimum Gasteiger partial charge on any atom is -0.362 e. The summed E-state index contributed by atoms with van der Waals surface area (Å²) >= 11 is 4.80. The first-order chi connectivity index (χ1) is 24.1. The quantitative estimate of drug-likeness (QED) is 0.124. The molecule has 0 spiro atoms. The van der Waals surface area contributed by atoms with Crippen LogP contribution in [0.3, 0.4) is 0 Å². The molecule has 0 amide bonds. The van der Waals surface area contributed by atoms with Gasteiger partial charge in [0.05, 0.1) is 11.0 Å². The van der Waals surface area contributed by atoms with Crippen LogP contribution in [0.2, 0.25) is 0 Å². The van der Waals surface area contributed by atoms with Crippen molar-refractivity contribution in [1.29, 1.82) is 0 Å². The predicted molar refractivity (Wildman–Crippen MR) is 214 cm³/mol. The third-order valence-electron chi connectivity index (χ3n) is 9.07. The molecule has 0 unspecified atom stereocenters. The van der Waals surface area contributed by atoms with Gasteiger partial charge in [0.25, 0.3) is 0 Å². The second-order valence-corrected chi connectivity index (χ2v) is 12.7. The summed E-state index contributed by atoms with van der Waals surface area (Å²) in [6, 6.07) is 57.6.